The van der Waals surface area contributed by atoms with E-state index in [9.17, 15) is 17.6 Å². The third-order valence-corrected chi connectivity index (χ3v) is 6.88. The van der Waals surface area contributed by atoms with Crippen LogP contribution in [-0.4, -0.2) is 62.9 Å². The Balaban J connectivity index is 1.40. The first-order valence-electron chi connectivity index (χ1n) is 9.35. The normalized spacial score (nSPS) is 17.2. The number of rotatable bonds is 4. The van der Waals surface area contributed by atoms with Gasteiger partial charge in [0.05, 0.1) is 11.3 Å². The molecule has 1 fully saturated rings. The van der Waals surface area contributed by atoms with Crippen LogP contribution in [0.2, 0.25) is 0 Å². The first-order valence-corrected chi connectivity index (χ1v) is 10.8. The molecule has 0 N–H and O–H groups in total. The largest absolute Gasteiger partial charge is 0.486 e. The zero-order chi connectivity index (χ0) is 20.4. The molecule has 0 saturated carbocycles. The number of carbonyl (C=O) groups excluding carboxylic acids is 1. The molecule has 1 amide bonds. The molecule has 4 rings (SSSR count). The summed E-state index contributed by atoms with van der Waals surface area (Å²) in [6, 6.07) is 10.5. The number of benzene rings is 2. The highest BCUT2D eigenvalue weighted by atomic mass is 32.2. The van der Waals surface area contributed by atoms with Crippen molar-refractivity contribution in [2.24, 2.45) is 0 Å². The van der Waals surface area contributed by atoms with Crippen LogP contribution in [-0.2, 0) is 21.2 Å². The van der Waals surface area contributed by atoms with Gasteiger partial charge in [-0.1, -0.05) is 12.1 Å². The summed E-state index contributed by atoms with van der Waals surface area (Å²) >= 11 is 0. The number of carbonyl (C=O) groups is 1. The number of fused-ring (bicyclic) bond motifs is 1. The van der Waals surface area contributed by atoms with Crippen molar-refractivity contribution in [1.82, 2.24) is 9.21 Å². The Kier molecular flexibility index (Phi) is 5.42. The fourth-order valence-corrected chi connectivity index (χ4v) is 4.88. The smallest absolute Gasteiger partial charge is 0.243 e. The third kappa shape index (κ3) is 4.20. The molecule has 29 heavy (non-hydrogen) atoms. The van der Waals surface area contributed by atoms with Crippen molar-refractivity contribution >= 4 is 15.9 Å². The average molecular weight is 420 g/mol. The molecule has 0 aromatic heterocycles. The molecule has 7 nitrogen and oxygen atoms in total. The Bertz CT molecular complexity index is 1020. The molecular formula is C20H21FN2O5S. The lowest BCUT2D eigenvalue weighted by Gasteiger charge is -2.34. The average Bonchev–Trinajstić information content (AvgIpc) is 2.73. The first-order chi connectivity index (χ1) is 13.9. The molecule has 0 radical (unpaired) electrons. The van der Waals surface area contributed by atoms with Gasteiger partial charge in [0.15, 0.2) is 11.5 Å². The highest BCUT2D eigenvalue weighted by Gasteiger charge is 2.31. The van der Waals surface area contributed by atoms with Gasteiger partial charge in [-0.25, -0.2) is 12.8 Å². The van der Waals surface area contributed by atoms with Gasteiger partial charge in [-0.2, -0.15) is 4.31 Å². The van der Waals surface area contributed by atoms with Crippen LogP contribution in [0.15, 0.2) is 47.4 Å². The molecule has 2 aromatic carbocycles. The van der Waals surface area contributed by atoms with Gasteiger partial charge in [-0.15, -0.1) is 0 Å². The summed E-state index contributed by atoms with van der Waals surface area (Å²) in [7, 11) is -3.70. The first kappa shape index (κ1) is 19.7. The highest BCUT2D eigenvalue weighted by Crippen LogP contribution is 2.33. The van der Waals surface area contributed by atoms with Crippen LogP contribution in [0.4, 0.5) is 4.39 Å². The van der Waals surface area contributed by atoms with Crippen molar-refractivity contribution < 1.29 is 27.1 Å². The van der Waals surface area contributed by atoms with E-state index < -0.39 is 10.0 Å². The molecule has 1 saturated heterocycles. The highest BCUT2D eigenvalue weighted by molar-refractivity contribution is 7.89. The third-order valence-electron chi connectivity index (χ3n) is 4.99. The van der Waals surface area contributed by atoms with Crippen LogP contribution in [0.1, 0.15) is 5.56 Å². The van der Waals surface area contributed by atoms with E-state index in [-0.39, 0.29) is 49.2 Å². The second kappa shape index (κ2) is 8.00. The lowest BCUT2D eigenvalue weighted by Crippen LogP contribution is -2.50. The molecule has 0 unspecified atom stereocenters. The number of nitrogens with zero attached hydrogens (tertiary/aromatic N) is 2. The minimum atomic E-state index is -3.70. The summed E-state index contributed by atoms with van der Waals surface area (Å²) in [4.78, 5) is 14.2. The van der Waals surface area contributed by atoms with Crippen LogP contribution in [0.5, 0.6) is 11.5 Å². The van der Waals surface area contributed by atoms with Crippen LogP contribution in [0.25, 0.3) is 0 Å². The predicted molar refractivity (Wildman–Crippen MR) is 103 cm³/mol. The van der Waals surface area contributed by atoms with E-state index in [4.69, 9.17) is 9.47 Å². The topological polar surface area (TPSA) is 76.2 Å². The van der Waals surface area contributed by atoms with Crippen molar-refractivity contribution in [3.63, 3.8) is 0 Å². The minimum Gasteiger partial charge on any atom is -0.486 e. The van der Waals surface area contributed by atoms with Gasteiger partial charge in [0, 0.05) is 32.2 Å². The number of piperazine rings is 1. The van der Waals surface area contributed by atoms with Crippen LogP contribution < -0.4 is 9.47 Å². The Labute approximate surface area is 168 Å². The van der Waals surface area contributed by atoms with Crippen molar-refractivity contribution in [3.8, 4) is 11.5 Å². The van der Waals surface area contributed by atoms with E-state index in [0.717, 1.165) is 0 Å². The lowest BCUT2D eigenvalue weighted by atomic mass is 10.1. The number of ether oxygens (including phenoxy) is 2. The molecule has 9 heteroatoms. The van der Waals surface area contributed by atoms with Gasteiger partial charge in [-0.3, -0.25) is 4.79 Å². The maximum Gasteiger partial charge on any atom is 0.243 e. The lowest BCUT2D eigenvalue weighted by molar-refractivity contribution is -0.131. The quantitative estimate of drug-likeness (QED) is 0.752. The molecule has 154 valence electrons. The zero-order valence-electron chi connectivity index (χ0n) is 15.7. The summed E-state index contributed by atoms with van der Waals surface area (Å²) in [5.74, 6) is 0.418. The van der Waals surface area contributed by atoms with Gasteiger partial charge in [-0.05, 0) is 29.8 Å². The second-order valence-corrected chi connectivity index (χ2v) is 8.83. The molecule has 2 aromatic rings. The number of hydrogen-bond acceptors (Lipinski definition) is 5. The van der Waals surface area contributed by atoms with Gasteiger partial charge in [0.1, 0.15) is 19.0 Å². The Hall–Kier alpha value is -2.65. The second-order valence-electron chi connectivity index (χ2n) is 6.90. The van der Waals surface area contributed by atoms with E-state index in [0.29, 0.717) is 30.3 Å². The fraction of sp³-hybridized carbons (Fsp3) is 0.350. The summed E-state index contributed by atoms with van der Waals surface area (Å²) in [5.41, 5.74) is 0.598. The standard InChI is InChI=1S/C20H21FN2O5S/c21-16-3-1-2-15(12-16)13-20(24)22-6-8-23(9-7-22)29(25,26)17-4-5-18-19(14-17)28-11-10-27-18/h1-5,12,14H,6-11,13H2. The summed E-state index contributed by atoms with van der Waals surface area (Å²) < 4.78 is 51.5. The van der Waals surface area contributed by atoms with E-state index in [1.807, 2.05) is 0 Å². The van der Waals surface area contributed by atoms with Gasteiger partial charge >= 0.3 is 0 Å². The maximum atomic E-state index is 13.3. The Morgan fingerprint density at radius 2 is 1.69 bits per heavy atom. The van der Waals surface area contributed by atoms with E-state index in [2.05, 4.69) is 0 Å². The zero-order valence-corrected chi connectivity index (χ0v) is 16.5. The number of hydrogen-bond donors (Lipinski definition) is 0. The van der Waals surface area contributed by atoms with Crippen molar-refractivity contribution in [3.05, 3.63) is 53.8 Å². The molecule has 0 bridgehead atoms. The van der Waals surface area contributed by atoms with Crippen LogP contribution in [0.3, 0.4) is 0 Å². The number of sulfonamides is 1. The van der Waals surface area contributed by atoms with Gasteiger partial charge in [0.2, 0.25) is 15.9 Å². The van der Waals surface area contributed by atoms with E-state index >= 15 is 0 Å². The molecule has 0 spiro atoms. The van der Waals surface area contributed by atoms with Crippen molar-refractivity contribution in [2.45, 2.75) is 11.3 Å². The molecule has 0 atom stereocenters. The molecule has 2 aliphatic heterocycles. The maximum absolute atomic E-state index is 13.3. The SMILES string of the molecule is O=C(Cc1cccc(F)c1)N1CCN(S(=O)(=O)c2ccc3c(c2)OCCO3)CC1. The van der Waals surface area contributed by atoms with Crippen LogP contribution >= 0.6 is 0 Å². The van der Waals surface area contributed by atoms with Crippen molar-refractivity contribution in [1.29, 1.82) is 0 Å². The number of halogens is 1. The monoisotopic (exact) mass is 420 g/mol. The minimum absolute atomic E-state index is 0.0900. The Morgan fingerprint density at radius 3 is 2.41 bits per heavy atom. The van der Waals surface area contributed by atoms with Crippen LogP contribution in [0, 0.1) is 5.82 Å². The molecular weight excluding hydrogens is 399 g/mol. The van der Waals surface area contributed by atoms with E-state index in [1.165, 1.54) is 28.6 Å². The molecule has 2 aliphatic rings. The van der Waals surface area contributed by atoms with Gasteiger partial charge in [0.25, 0.3) is 0 Å². The molecule has 2 heterocycles. The predicted octanol–water partition coefficient (Wildman–Crippen LogP) is 1.67. The summed E-state index contributed by atoms with van der Waals surface area (Å²) in [5, 5.41) is 0. The Morgan fingerprint density at radius 1 is 0.966 bits per heavy atom. The summed E-state index contributed by atoms with van der Waals surface area (Å²) in [6.45, 7) is 1.79. The molecule has 0 aliphatic carbocycles. The summed E-state index contributed by atoms with van der Waals surface area (Å²) in [6.07, 6.45) is 0.0900. The van der Waals surface area contributed by atoms with Gasteiger partial charge < -0.3 is 14.4 Å². The van der Waals surface area contributed by atoms with Crippen molar-refractivity contribution in [2.75, 3.05) is 39.4 Å². The number of amides is 1. The van der Waals surface area contributed by atoms with E-state index in [1.54, 1.807) is 23.1 Å². The fourth-order valence-electron chi connectivity index (χ4n) is 3.44.